The average Bonchev–Trinajstić information content (AvgIpc) is 2.79. The molecule has 17 heavy (non-hydrogen) atoms. The first-order valence-corrected chi connectivity index (χ1v) is 7.21. The molecule has 3 nitrogen and oxygen atoms in total. The molecule has 2 aliphatic rings. The van der Waals surface area contributed by atoms with Crippen molar-refractivity contribution in [2.45, 2.75) is 51.2 Å². The van der Waals surface area contributed by atoms with Crippen LogP contribution in [0, 0.1) is 11.8 Å². The molecule has 0 aromatic heterocycles. The highest BCUT2D eigenvalue weighted by Crippen LogP contribution is 2.33. The third-order valence-electron chi connectivity index (χ3n) is 4.89. The number of ether oxygens (including phenoxy) is 1. The minimum Gasteiger partial charge on any atom is -0.381 e. The molecule has 100 valence electrons. The molecule has 3 heteroatoms. The maximum absolute atomic E-state index is 5.87. The van der Waals surface area contributed by atoms with Gasteiger partial charge >= 0.3 is 0 Å². The zero-order chi connectivity index (χ0) is 12.3. The van der Waals surface area contributed by atoms with Crippen LogP contribution in [-0.2, 0) is 4.74 Å². The van der Waals surface area contributed by atoms with Gasteiger partial charge in [-0.1, -0.05) is 6.42 Å². The van der Waals surface area contributed by atoms with Crippen LogP contribution in [0.5, 0.6) is 0 Å². The molecule has 4 atom stereocenters. The van der Waals surface area contributed by atoms with Crippen LogP contribution in [-0.4, -0.2) is 43.8 Å². The Labute approximate surface area is 106 Å². The van der Waals surface area contributed by atoms with Crippen LogP contribution in [0.2, 0.25) is 0 Å². The Balaban J connectivity index is 1.82. The van der Waals surface area contributed by atoms with Crippen molar-refractivity contribution in [1.29, 1.82) is 0 Å². The van der Waals surface area contributed by atoms with Gasteiger partial charge in [-0.3, -0.25) is 0 Å². The van der Waals surface area contributed by atoms with Gasteiger partial charge in [-0.15, -0.1) is 0 Å². The SMILES string of the molecule is COC1CCN(CC2CCCC2CN)C(C)C1. The van der Waals surface area contributed by atoms with E-state index in [1.807, 2.05) is 7.11 Å². The minimum absolute atomic E-state index is 0.482. The van der Waals surface area contributed by atoms with Crippen molar-refractivity contribution < 1.29 is 4.74 Å². The molecule has 2 N–H and O–H groups in total. The molecular formula is C14H28N2O. The van der Waals surface area contributed by atoms with Crippen LogP contribution in [0.4, 0.5) is 0 Å². The van der Waals surface area contributed by atoms with Gasteiger partial charge in [0.2, 0.25) is 0 Å². The molecule has 0 spiro atoms. The highest BCUT2D eigenvalue weighted by molar-refractivity contribution is 4.85. The zero-order valence-corrected chi connectivity index (χ0v) is 11.4. The normalized spacial score (nSPS) is 39.7. The predicted octanol–water partition coefficient (Wildman–Crippen LogP) is 1.86. The summed E-state index contributed by atoms with van der Waals surface area (Å²) in [4.78, 5) is 2.66. The van der Waals surface area contributed by atoms with E-state index in [0.29, 0.717) is 12.1 Å². The van der Waals surface area contributed by atoms with Gasteiger partial charge in [0.15, 0.2) is 0 Å². The highest BCUT2D eigenvalue weighted by atomic mass is 16.5. The topological polar surface area (TPSA) is 38.5 Å². The summed E-state index contributed by atoms with van der Waals surface area (Å²) in [6.45, 7) is 5.69. The Bertz CT molecular complexity index is 234. The first kappa shape index (κ1) is 13.3. The molecule has 0 bridgehead atoms. The van der Waals surface area contributed by atoms with Gasteiger partial charge in [0.25, 0.3) is 0 Å². The van der Waals surface area contributed by atoms with Crippen molar-refractivity contribution >= 4 is 0 Å². The van der Waals surface area contributed by atoms with Gasteiger partial charge in [0, 0.05) is 26.2 Å². The van der Waals surface area contributed by atoms with Gasteiger partial charge in [-0.25, -0.2) is 0 Å². The molecular weight excluding hydrogens is 212 g/mol. The molecule has 2 fully saturated rings. The predicted molar refractivity (Wildman–Crippen MR) is 71.0 cm³/mol. The second-order valence-electron chi connectivity index (χ2n) is 5.91. The number of hydrogen-bond acceptors (Lipinski definition) is 3. The van der Waals surface area contributed by atoms with Crippen LogP contribution in [0.1, 0.15) is 39.0 Å². The Kier molecular flexibility index (Phi) is 4.83. The quantitative estimate of drug-likeness (QED) is 0.815. The summed E-state index contributed by atoms with van der Waals surface area (Å²) < 4.78 is 5.48. The van der Waals surface area contributed by atoms with E-state index in [4.69, 9.17) is 10.5 Å². The number of nitrogens with two attached hydrogens (primary N) is 1. The summed E-state index contributed by atoms with van der Waals surface area (Å²) in [5.74, 6) is 1.63. The van der Waals surface area contributed by atoms with Gasteiger partial charge in [0.1, 0.15) is 0 Å². The lowest BCUT2D eigenvalue weighted by Gasteiger charge is -2.39. The smallest absolute Gasteiger partial charge is 0.0598 e. The summed E-state index contributed by atoms with van der Waals surface area (Å²) >= 11 is 0. The third-order valence-corrected chi connectivity index (χ3v) is 4.89. The molecule has 1 heterocycles. The number of hydrogen-bond donors (Lipinski definition) is 1. The molecule has 1 saturated carbocycles. The molecule has 1 aliphatic heterocycles. The van der Waals surface area contributed by atoms with Gasteiger partial charge in [-0.2, -0.15) is 0 Å². The number of piperidine rings is 1. The maximum atomic E-state index is 5.87. The van der Waals surface area contributed by atoms with Crippen molar-refractivity contribution in [3.63, 3.8) is 0 Å². The van der Waals surface area contributed by atoms with Crippen LogP contribution >= 0.6 is 0 Å². The van der Waals surface area contributed by atoms with Gasteiger partial charge < -0.3 is 15.4 Å². The Hall–Kier alpha value is -0.120. The lowest BCUT2D eigenvalue weighted by molar-refractivity contribution is 0.00852. The Morgan fingerprint density at radius 1 is 1.24 bits per heavy atom. The molecule has 1 saturated heterocycles. The van der Waals surface area contributed by atoms with E-state index < -0.39 is 0 Å². The van der Waals surface area contributed by atoms with Crippen LogP contribution in [0.3, 0.4) is 0 Å². The molecule has 2 rings (SSSR count). The third kappa shape index (κ3) is 3.21. The minimum atomic E-state index is 0.482. The van der Waals surface area contributed by atoms with Crippen LogP contribution in [0.15, 0.2) is 0 Å². The molecule has 0 radical (unpaired) electrons. The lowest BCUT2D eigenvalue weighted by atomic mass is 9.93. The fourth-order valence-electron chi connectivity index (χ4n) is 3.63. The molecule has 0 aromatic carbocycles. The van der Waals surface area contributed by atoms with Crippen molar-refractivity contribution in [1.82, 2.24) is 4.90 Å². The van der Waals surface area contributed by atoms with Gasteiger partial charge in [-0.05, 0) is 51.0 Å². The first-order valence-electron chi connectivity index (χ1n) is 7.21. The first-order chi connectivity index (χ1) is 8.24. The van der Waals surface area contributed by atoms with Crippen molar-refractivity contribution in [3.8, 4) is 0 Å². The maximum Gasteiger partial charge on any atom is 0.0598 e. The van der Waals surface area contributed by atoms with Crippen molar-refractivity contribution in [2.75, 3.05) is 26.7 Å². The number of likely N-dealkylation sites (tertiary alicyclic amines) is 1. The fraction of sp³-hybridized carbons (Fsp3) is 1.00. The van der Waals surface area contributed by atoms with Crippen molar-refractivity contribution in [2.24, 2.45) is 17.6 Å². The van der Waals surface area contributed by atoms with E-state index in [1.165, 1.54) is 45.2 Å². The highest BCUT2D eigenvalue weighted by Gasteiger charge is 2.31. The average molecular weight is 240 g/mol. The summed E-state index contributed by atoms with van der Waals surface area (Å²) in [7, 11) is 1.84. The summed E-state index contributed by atoms with van der Waals surface area (Å²) in [6.07, 6.45) is 6.99. The van der Waals surface area contributed by atoms with E-state index >= 15 is 0 Å². The second-order valence-corrected chi connectivity index (χ2v) is 5.91. The molecule has 0 amide bonds. The number of rotatable bonds is 4. The summed E-state index contributed by atoms with van der Waals surface area (Å²) in [6, 6.07) is 0.674. The van der Waals surface area contributed by atoms with E-state index in [9.17, 15) is 0 Å². The Morgan fingerprint density at radius 3 is 2.65 bits per heavy atom. The largest absolute Gasteiger partial charge is 0.381 e. The zero-order valence-electron chi connectivity index (χ0n) is 11.4. The van der Waals surface area contributed by atoms with E-state index in [0.717, 1.165) is 18.4 Å². The second kappa shape index (κ2) is 6.17. The fourth-order valence-corrected chi connectivity index (χ4v) is 3.63. The standard InChI is InChI=1S/C14H28N2O/c1-11-8-14(17-2)6-7-16(11)10-13-5-3-4-12(13)9-15/h11-14H,3-10,15H2,1-2H3. The molecule has 4 unspecified atom stereocenters. The van der Waals surface area contributed by atoms with E-state index in [1.54, 1.807) is 0 Å². The number of methoxy groups -OCH3 is 1. The van der Waals surface area contributed by atoms with Crippen LogP contribution in [0.25, 0.3) is 0 Å². The molecule has 1 aliphatic carbocycles. The van der Waals surface area contributed by atoms with Crippen molar-refractivity contribution in [3.05, 3.63) is 0 Å². The monoisotopic (exact) mass is 240 g/mol. The Morgan fingerprint density at radius 2 is 2.00 bits per heavy atom. The van der Waals surface area contributed by atoms with E-state index in [-0.39, 0.29) is 0 Å². The summed E-state index contributed by atoms with van der Waals surface area (Å²) in [5.41, 5.74) is 5.87. The number of nitrogens with zero attached hydrogens (tertiary/aromatic N) is 1. The van der Waals surface area contributed by atoms with Crippen LogP contribution < -0.4 is 5.73 Å². The molecule has 0 aromatic rings. The van der Waals surface area contributed by atoms with E-state index in [2.05, 4.69) is 11.8 Å². The van der Waals surface area contributed by atoms with Gasteiger partial charge in [0.05, 0.1) is 6.10 Å². The lowest BCUT2D eigenvalue weighted by Crippen LogP contribution is -2.46. The summed E-state index contributed by atoms with van der Waals surface area (Å²) in [5, 5.41) is 0.